The molecule has 0 aliphatic heterocycles. The number of nitrogens with one attached hydrogen (secondary N) is 1. The van der Waals surface area contributed by atoms with Crippen LogP contribution in [0.3, 0.4) is 0 Å². The van der Waals surface area contributed by atoms with Crippen molar-refractivity contribution >= 4 is 23.2 Å². The van der Waals surface area contributed by atoms with Crippen molar-refractivity contribution in [3.8, 4) is 5.69 Å². The van der Waals surface area contributed by atoms with E-state index in [0.717, 1.165) is 0 Å². The van der Waals surface area contributed by atoms with E-state index in [-0.39, 0.29) is 10.6 Å². The number of tetrazole rings is 1. The summed E-state index contributed by atoms with van der Waals surface area (Å²) in [4.78, 5) is 12.2. The van der Waals surface area contributed by atoms with E-state index in [0.29, 0.717) is 11.4 Å². The topological polar surface area (TPSA) is 72.7 Å². The highest BCUT2D eigenvalue weighted by molar-refractivity contribution is 6.34. The van der Waals surface area contributed by atoms with Gasteiger partial charge in [-0.05, 0) is 40.8 Å². The Morgan fingerprint density at radius 2 is 2.05 bits per heavy atom. The number of amides is 1. The van der Waals surface area contributed by atoms with Crippen LogP contribution < -0.4 is 5.32 Å². The van der Waals surface area contributed by atoms with Crippen LogP contribution >= 0.6 is 11.6 Å². The first-order valence-electron chi connectivity index (χ1n) is 6.24. The van der Waals surface area contributed by atoms with Crippen LogP contribution in [0.4, 0.5) is 10.1 Å². The van der Waals surface area contributed by atoms with Gasteiger partial charge < -0.3 is 5.32 Å². The second-order valence-electron chi connectivity index (χ2n) is 4.36. The van der Waals surface area contributed by atoms with Crippen molar-refractivity contribution < 1.29 is 9.18 Å². The lowest BCUT2D eigenvalue weighted by Crippen LogP contribution is -2.14. The van der Waals surface area contributed by atoms with Gasteiger partial charge in [-0.3, -0.25) is 4.79 Å². The van der Waals surface area contributed by atoms with Crippen molar-refractivity contribution in [3.05, 3.63) is 65.2 Å². The van der Waals surface area contributed by atoms with Crippen LogP contribution in [0.5, 0.6) is 0 Å². The smallest absolute Gasteiger partial charge is 0.260 e. The third-order valence-electron chi connectivity index (χ3n) is 2.91. The fourth-order valence-electron chi connectivity index (χ4n) is 1.91. The van der Waals surface area contributed by atoms with Gasteiger partial charge >= 0.3 is 0 Å². The summed E-state index contributed by atoms with van der Waals surface area (Å²) in [5, 5.41) is 13.5. The highest BCUT2D eigenvalue weighted by Gasteiger charge is 2.16. The number of benzene rings is 2. The van der Waals surface area contributed by atoms with Gasteiger partial charge in [0.1, 0.15) is 12.1 Å². The van der Waals surface area contributed by atoms with Crippen molar-refractivity contribution in [1.82, 2.24) is 20.2 Å². The predicted molar refractivity (Wildman–Crippen MR) is 78.5 cm³/mol. The summed E-state index contributed by atoms with van der Waals surface area (Å²) in [7, 11) is 0. The Hall–Kier alpha value is -2.80. The number of anilines is 1. The molecule has 1 aromatic heterocycles. The molecular weight excluding hydrogens is 309 g/mol. The number of carbonyl (C=O) groups excluding carboxylic acids is 1. The highest BCUT2D eigenvalue weighted by Crippen LogP contribution is 2.21. The van der Waals surface area contributed by atoms with Crippen LogP contribution in [0.25, 0.3) is 5.69 Å². The lowest BCUT2D eigenvalue weighted by molar-refractivity contribution is 0.102. The summed E-state index contributed by atoms with van der Waals surface area (Å²) >= 11 is 5.87. The Labute approximate surface area is 129 Å². The minimum absolute atomic E-state index is 0.0501. The number of nitrogens with zero attached hydrogens (tertiary/aromatic N) is 4. The molecule has 8 heteroatoms. The number of aromatic nitrogens is 4. The first-order valence-corrected chi connectivity index (χ1v) is 6.62. The van der Waals surface area contributed by atoms with Gasteiger partial charge in [-0.25, -0.2) is 9.07 Å². The van der Waals surface area contributed by atoms with Gasteiger partial charge in [-0.15, -0.1) is 5.10 Å². The highest BCUT2D eigenvalue weighted by atomic mass is 35.5. The molecule has 0 unspecified atom stereocenters. The molecule has 0 saturated heterocycles. The molecule has 0 saturated carbocycles. The van der Waals surface area contributed by atoms with Crippen molar-refractivity contribution in [2.75, 3.05) is 5.32 Å². The molecule has 22 heavy (non-hydrogen) atoms. The molecule has 0 atom stereocenters. The molecule has 6 nitrogen and oxygen atoms in total. The van der Waals surface area contributed by atoms with Gasteiger partial charge in [-0.2, -0.15) is 0 Å². The monoisotopic (exact) mass is 317 g/mol. The first kappa shape index (κ1) is 14.2. The minimum Gasteiger partial charge on any atom is -0.322 e. The normalized spacial score (nSPS) is 10.5. The lowest BCUT2D eigenvalue weighted by atomic mass is 10.2. The van der Waals surface area contributed by atoms with E-state index in [1.807, 2.05) is 0 Å². The molecule has 110 valence electrons. The average Bonchev–Trinajstić information content (AvgIpc) is 3.01. The van der Waals surface area contributed by atoms with Crippen LogP contribution in [0, 0.1) is 5.82 Å². The van der Waals surface area contributed by atoms with E-state index in [2.05, 4.69) is 20.8 Å². The molecule has 0 aliphatic carbocycles. The summed E-state index contributed by atoms with van der Waals surface area (Å²) in [6, 6.07) is 10.9. The Balaban J connectivity index is 1.87. The van der Waals surface area contributed by atoms with E-state index in [9.17, 15) is 9.18 Å². The molecule has 0 bridgehead atoms. The van der Waals surface area contributed by atoms with Crippen LogP contribution in [-0.2, 0) is 0 Å². The van der Waals surface area contributed by atoms with E-state index >= 15 is 0 Å². The second kappa shape index (κ2) is 5.90. The third kappa shape index (κ3) is 2.79. The molecule has 0 aliphatic rings. The van der Waals surface area contributed by atoms with E-state index < -0.39 is 11.7 Å². The number of hydrogen-bond acceptors (Lipinski definition) is 4. The van der Waals surface area contributed by atoms with Crippen LogP contribution in [0.15, 0.2) is 48.8 Å². The van der Waals surface area contributed by atoms with Crippen LogP contribution in [0.2, 0.25) is 5.02 Å². The van der Waals surface area contributed by atoms with Gasteiger partial charge in [-0.1, -0.05) is 23.7 Å². The Morgan fingerprint density at radius 1 is 1.23 bits per heavy atom. The molecule has 1 N–H and O–H groups in total. The van der Waals surface area contributed by atoms with Crippen LogP contribution in [0.1, 0.15) is 10.4 Å². The third-order valence-corrected chi connectivity index (χ3v) is 3.22. The largest absolute Gasteiger partial charge is 0.322 e. The van der Waals surface area contributed by atoms with Crippen molar-refractivity contribution in [1.29, 1.82) is 0 Å². The zero-order valence-electron chi connectivity index (χ0n) is 11.1. The fourth-order valence-corrected chi connectivity index (χ4v) is 2.16. The molecule has 3 aromatic rings. The molecule has 1 amide bonds. The average molecular weight is 318 g/mol. The standard InChI is InChI=1S/C14H9ClFN5O/c15-11-5-2-6-12(16)13(11)14(22)18-9-3-1-4-10(7-9)21-8-17-19-20-21/h1-8H,(H,18,22). The maximum absolute atomic E-state index is 13.7. The van der Waals surface area contributed by atoms with Gasteiger partial charge in [0.15, 0.2) is 0 Å². The molecule has 3 rings (SSSR count). The Kier molecular flexibility index (Phi) is 3.80. The first-order chi connectivity index (χ1) is 10.6. The SMILES string of the molecule is O=C(Nc1cccc(-n2cnnn2)c1)c1c(F)cccc1Cl. The zero-order valence-corrected chi connectivity index (χ0v) is 11.8. The number of hydrogen-bond donors (Lipinski definition) is 1. The summed E-state index contributed by atoms with van der Waals surface area (Å²) in [6.45, 7) is 0. The number of rotatable bonds is 3. The van der Waals surface area contributed by atoms with Crippen LogP contribution in [-0.4, -0.2) is 26.1 Å². The van der Waals surface area contributed by atoms with E-state index in [4.69, 9.17) is 11.6 Å². The summed E-state index contributed by atoms with van der Waals surface area (Å²) in [5.41, 5.74) is 0.928. The summed E-state index contributed by atoms with van der Waals surface area (Å²) < 4.78 is 15.2. The van der Waals surface area contributed by atoms with E-state index in [1.165, 1.54) is 29.2 Å². The lowest BCUT2D eigenvalue weighted by Gasteiger charge is -2.09. The van der Waals surface area contributed by atoms with Crippen molar-refractivity contribution in [2.24, 2.45) is 0 Å². The quantitative estimate of drug-likeness (QED) is 0.806. The predicted octanol–water partition coefficient (Wildman–Crippen LogP) is 2.71. The van der Waals surface area contributed by atoms with Gasteiger partial charge in [0.2, 0.25) is 0 Å². The molecule has 0 fully saturated rings. The Bertz CT molecular complexity index is 802. The molecule has 1 heterocycles. The van der Waals surface area contributed by atoms with E-state index in [1.54, 1.807) is 24.3 Å². The maximum Gasteiger partial charge on any atom is 0.260 e. The van der Waals surface area contributed by atoms with Gasteiger partial charge in [0.05, 0.1) is 16.3 Å². The van der Waals surface area contributed by atoms with Gasteiger partial charge in [0, 0.05) is 5.69 Å². The second-order valence-corrected chi connectivity index (χ2v) is 4.76. The maximum atomic E-state index is 13.7. The Morgan fingerprint density at radius 3 is 2.77 bits per heavy atom. The minimum atomic E-state index is -0.679. The zero-order chi connectivity index (χ0) is 15.5. The molecule has 0 spiro atoms. The van der Waals surface area contributed by atoms with Crippen molar-refractivity contribution in [3.63, 3.8) is 0 Å². The van der Waals surface area contributed by atoms with Crippen molar-refractivity contribution in [2.45, 2.75) is 0 Å². The summed E-state index contributed by atoms with van der Waals surface area (Å²) in [5.74, 6) is -1.31. The molecule has 0 radical (unpaired) electrons. The van der Waals surface area contributed by atoms with Gasteiger partial charge in [0.25, 0.3) is 5.91 Å². The summed E-state index contributed by atoms with van der Waals surface area (Å²) in [6.07, 6.45) is 1.43. The number of carbonyl (C=O) groups is 1. The molecule has 2 aromatic carbocycles. The number of halogens is 2. The fraction of sp³-hybridized carbons (Fsp3) is 0. The molecular formula is C14H9ClFN5O.